The highest BCUT2D eigenvalue weighted by Crippen LogP contribution is 2.20. The van der Waals surface area contributed by atoms with Crippen LogP contribution in [0, 0.1) is 5.41 Å². The zero-order valence-electron chi connectivity index (χ0n) is 8.75. The average molecular weight is 181 g/mol. The van der Waals surface area contributed by atoms with Gasteiger partial charge in [-0.25, -0.2) is 4.98 Å². The number of imidazole rings is 1. The number of aromatic nitrogens is 2. The van der Waals surface area contributed by atoms with Crippen molar-refractivity contribution in [3.05, 3.63) is 12.5 Å². The Bertz CT molecular complexity index is 257. The fourth-order valence-electron chi connectivity index (χ4n) is 1.29. The van der Waals surface area contributed by atoms with Crippen molar-refractivity contribution in [1.82, 2.24) is 9.55 Å². The van der Waals surface area contributed by atoms with Gasteiger partial charge in [0.05, 0.1) is 6.33 Å². The summed E-state index contributed by atoms with van der Waals surface area (Å²) in [4.78, 5) is 3.97. The van der Waals surface area contributed by atoms with E-state index in [9.17, 15) is 0 Å². The molecule has 1 rings (SSSR count). The number of nitrogens with two attached hydrogens (primary N) is 1. The van der Waals surface area contributed by atoms with Gasteiger partial charge < -0.3 is 10.3 Å². The van der Waals surface area contributed by atoms with E-state index in [1.54, 1.807) is 6.33 Å². The zero-order valence-corrected chi connectivity index (χ0v) is 8.75. The number of nitrogens with zero attached hydrogens (tertiary/aromatic N) is 2. The third kappa shape index (κ3) is 3.97. The van der Waals surface area contributed by atoms with Gasteiger partial charge in [0.1, 0.15) is 5.82 Å². The smallest absolute Gasteiger partial charge is 0.141 e. The van der Waals surface area contributed by atoms with Crippen LogP contribution in [-0.2, 0) is 6.54 Å². The molecule has 0 atom stereocenters. The molecule has 0 unspecified atom stereocenters. The summed E-state index contributed by atoms with van der Waals surface area (Å²) in [6.45, 7) is 7.79. The van der Waals surface area contributed by atoms with Crippen LogP contribution in [0.3, 0.4) is 0 Å². The van der Waals surface area contributed by atoms with Crippen LogP contribution >= 0.6 is 0 Å². The van der Waals surface area contributed by atoms with Crippen molar-refractivity contribution in [2.24, 2.45) is 5.41 Å². The number of nitrogen functional groups attached to an aromatic ring is 1. The van der Waals surface area contributed by atoms with Gasteiger partial charge in [-0.05, 0) is 18.3 Å². The van der Waals surface area contributed by atoms with Gasteiger partial charge in [0, 0.05) is 12.7 Å². The molecular weight excluding hydrogens is 162 g/mol. The minimum absolute atomic E-state index is 0.423. The van der Waals surface area contributed by atoms with Crippen molar-refractivity contribution in [3.63, 3.8) is 0 Å². The molecule has 74 valence electrons. The minimum Gasteiger partial charge on any atom is -0.382 e. The number of hydrogen-bond acceptors (Lipinski definition) is 2. The fraction of sp³-hybridized carbons (Fsp3) is 0.700. The molecular formula is C10H19N3. The summed E-state index contributed by atoms with van der Waals surface area (Å²) in [6, 6.07) is 0. The molecule has 0 spiro atoms. The lowest BCUT2D eigenvalue weighted by Crippen LogP contribution is -2.06. The Morgan fingerprint density at radius 2 is 2.15 bits per heavy atom. The van der Waals surface area contributed by atoms with Gasteiger partial charge in [0.25, 0.3) is 0 Å². The molecule has 0 saturated carbocycles. The van der Waals surface area contributed by atoms with Gasteiger partial charge in [0.2, 0.25) is 0 Å². The predicted molar refractivity (Wildman–Crippen MR) is 55.3 cm³/mol. The largest absolute Gasteiger partial charge is 0.382 e. The Hall–Kier alpha value is -0.990. The van der Waals surface area contributed by atoms with E-state index in [4.69, 9.17) is 5.73 Å². The SMILES string of the molecule is CC(C)(C)CCCn1cnc(N)c1. The van der Waals surface area contributed by atoms with Crippen molar-refractivity contribution in [2.75, 3.05) is 5.73 Å². The highest BCUT2D eigenvalue weighted by atomic mass is 15.1. The standard InChI is InChI=1S/C10H19N3/c1-10(2,3)5-4-6-13-7-9(11)12-8-13/h7-8H,4-6,11H2,1-3H3. The third-order valence-corrected chi connectivity index (χ3v) is 2.00. The molecule has 0 aliphatic heterocycles. The summed E-state index contributed by atoms with van der Waals surface area (Å²) in [7, 11) is 0. The van der Waals surface area contributed by atoms with E-state index in [2.05, 4.69) is 25.8 Å². The van der Waals surface area contributed by atoms with Crippen molar-refractivity contribution in [1.29, 1.82) is 0 Å². The molecule has 2 N–H and O–H groups in total. The highest BCUT2D eigenvalue weighted by molar-refractivity contribution is 5.22. The van der Waals surface area contributed by atoms with Crippen LogP contribution in [0.1, 0.15) is 33.6 Å². The van der Waals surface area contributed by atoms with Crippen molar-refractivity contribution < 1.29 is 0 Å². The fourth-order valence-corrected chi connectivity index (χ4v) is 1.29. The molecule has 1 aromatic heterocycles. The van der Waals surface area contributed by atoms with E-state index in [1.165, 1.54) is 12.8 Å². The van der Waals surface area contributed by atoms with Crippen molar-refractivity contribution >= 4 is 5.82 Å². The first kappa shape index (κ1) is 10.1. The van der Waals surface area contributed by atoms with E-state index < -0.39 is 0 Å². The van der Waals surface area contributed by atoms with Crippen molar-refractivity contribution in [3.8, 4) is 0 Å². The van der Waals surface area contributed by atoms with Gasteiger partial charge in [0.15, 0.2) is 0 Å². The molecule has 0 aliphatic carbocycles. The molecule has 0 aliphatic rings. The first-order chi connectivity index (χ1) is 5.97. The van der Waals surface area contributed by atoms with Crippen LogP contribution in [0.2, 0.25) is 0 Å². The number of aryl methyl sites for hydroxylation is 1. The summed E-state index contributed by atoms with van der Waals surface area (Å²) in [5.41, 5.74) is 5.93. The minimum atomic E-state index is 0.423. The average Bonchev–Trinajstić information content (AvgIpc) is 2.33. The first-order valence-corrected chi connectivity index (χ1v) is 4.75. The second-order valence-electron chi connectivity index (χ2n) is 4.70. The molecule has 13 heavy (non-hydrogen) atoms. The van der Waals surface area contributed by atoms with E-state index in [-0.39, 0.29) is 0 Å². The van der Waals surface area contributed by atoms with Crippen molar-refractivity contribution in [2.45, 2.75) is 40.2 Å². The Morgan fingerprint density at radius 3 is 2.62 bits per heavy atom. The van der Waals surface area contributed by atoms with E-state index in [0.717, 1.165) is 6.54 Å². The van der Waals surface area contributed by atoms with Crippen LogP contribution in [0.15, 0.2) is 12.5 Å². The quantitative estimate of drug-likeness (QED) is 0.777. The Labute approximate surface area is 80.0 Å². The summed E-state index contributed by atoms with van der Waals surface area (Å²) >= 11 is 0. The molecule has 0 saturated heterocycles. The molecule has 3 heteroatoms. The van der Waals surface area contributed by atoms with Gasteiger partial charge in [-0.15, -0.1) is 0 Å². The maximum absolute atomic E-state index is 5.50. The Morgan fingerprint density at radius 1 is 1.46 bits per heavy atom. The summed E-state index contributed by atoms with van der Waals surface area (Å²) < 4.78 is 2.04. The number of anilines is 1. The van der Waals surface area contributed by atoms with E-state index in [1.807, 2.05) is 10.8 Å². The van der Waals surface area contributed by atoms with Crippen LogP contribution in [0.4, 0.5) is 5.82 Å². The number of rotatable bonds is 3. The summed E-state index contributed by atoms with van der Waals surface area (Å²) in [6.07, 6.45) is 6.07. The number of hydrogen-bond donors (Lipinski definition) is 1. The van der Waals surface area contributed by atoms with E-state index >= 15 is 0 Å². The summed E-state index contributed by atoms with van der Waals surface area (Å²) in [5.74, 6) is 0.607. The van der Waals surface area contributed by atoms with Gasteiger partial charge in [-0.3, -0.25) is 0 Å². The maximum atomic E-state index is 5.50. The second kappa shape index (κ2) is 3.81. The van der Waals surface area contributed by atoms with Crippen LogP contribution < -0.4 is 5.73 Å². The predicted octanol–water partition coefficient (Wildman–Crippen LogP) is 2.29. The molecule has 1 heterocycles. The van der Waals surface area contributed by atoms with E-state index in [0.29, 0.717) is 11.2 Å². The Kier molecular flexibility index (Phi) is 2.96. The molecule has 3 nitrogen and oxygen atoms in total. The molecule has 0 radical (unpaired) electrons. The lowest BCUT2D eigenvalue weighted by atomic mass is 9.91. The topological polar surface area (TPSA) is 43.8 Å². The van der Waals surface area contributed by atoms with Gasteiger partial charge in [-0.1, -0.05) is 20.8 Å². The normalized spacial score (nSPS) is 11.9. The maximum Gasteiger partial charge on any atom is 0.141 e. The molecule has 1 aromatic rings. The van der Waals surface area contributed by atoms with Crippen LogP contribution in [0.5, 0.6) is 0 Å². The zero-order chi connectivity index (χ0) is 9.90. The highest BCUT2D eigenvalue weighted by Gasteiger charge is 2.08. The summed E-state index contributed by atoms with van der Waals surface area (Å²) in [5, 5.41) is 0. The van der Waals surface area contributed by atoms with Crippen LogP contribution in [-0.4, -0.2) is 9.55 Å². The second-order valence-corrected chi connectivity index (χ2v) is 4.70. The van der Waals surface area contributed by atoms with Crippen LogP contribution in [0.25, 0.3) is 0 Å². The van der Waals surface area contributed by atoms with Gasteiger partial charge in [-0.2, -0.15) is 0 Å². The molecule has 0 bridgehead atoms. The lowest BCUT2D eigenvalue weighted by molar-refractivity contribution is 0.353. The molecule has 0 fully saturated rings. The molecule has 0 aromatic carbocycles. The lowest BCUT2D eigenvalue weighted by Gasteiger charge is -2.17. The first-order valence-electron chi connectivity index (χ1n) is 4.75. The molecule has 0 amide bonds. The third-order valence-electron chi connectivity index (χ3n) is 2.00. The monoisotopic (exact) mass is 181 g/mol. The Balaban J connectivity index is 2.28. The van der Waals surface area contributed by atoms with Gasteiger partial charge >= 0.3 is 0 Å².